The van der Waals surface area contributed by atoms with Crippen LogP contribution in [0.2, 0.25) is 0 Å². The number of carbonyl (C=O) groups excluding carboxylic acids is 2. The minimum atomic E-state index is -0.0842. The van der Waals surface area contributed by atoms with Gasteiger partial charge in [-0.25, -0.2) is 0 Å². The van der Waals surface area contributed by atoms with Gasteiger partial charge in [0, 0.05) is 18.3 Å². The molecule has 0 rings (SSSR count). The Morgan fingerprint density at radius 2 is 1.81 bits per heavy atom. The van der Waals surface area contributed by atoms with Crippen LogP contribution >= 0.6 is 0 Å². The highest BCUT2D eigenvalue weighted by Crippen LogP contribution is 2.19. The molecule has 0 aliphatic carbocycles. The Morgan fingerprint density at radius 3 is 2.31 bits per heavy atom. The molecule has 0 aromatic carbocycles. The molecule has 2 atom stereocenters. The normalized spacial score (nSPS) is 14.4. The Labute approximate surface area is 99.8 Å². The van der Waals surface area contributed by atoms with Crippen molar-refractivity contribution in [2.45, 2.75) is 65.7 Å². The van der Waals surface area contributed by atoms with Crippen LogP contribution in [0.3, 0.4) is 0 Å². The maximum absolute atomic E-state index is 11.8. The van der Waals surface area contributed by atoms with Gasteiger partial charge < -0.3 is 4.79 Å². The summed E-state index contributed by atoms with van der Waals surface area (Å²) >= 11 is 0. The number of carbonyl (C=O) groups is 2. The highest BCUT2D eigenvalue weighted by Gasteiger charge is 2.21. The van der Waals surface area contributed by atoms with E-state index in [-0.39, 0.29) is 17.6 Å². The van der Waals surface area contributed by atoms with E-state index < -0.39 is 0 Å². The maximum Gasteiger partial charge on any atom is 0.136 e. The van der Waals surface area contributed by atoms with Crippen LogP contribution in [-0.2, 0) is 9.59 Å². The summed E-state index contributed by atoms with van der Waals surface area (Å²) in [6.07, 6.45) is 7.92. The van der Waals surface area contributed by atoms with Crippen molar-refractivity contribution in [3.63, 3.8) is 0 Å². The fourth-order valence-electron chi connectivity index (χ4n) is 1.96. The molecule has 0 saturated heterocycles. The highest BCUT2D eigenvalue weighted by atomic mass is 16.1. The van der Waals surface area contributed by atoms with E-state index in [1.165, 1.54) is 12.8 Å². The zero-order valence-corrected chi connectivity index (χ0v) is 11.0. The van der Waals surface area contributed by atoms with E-state index in [0.717, 1.165) is 32.0 Å². The number of ketones is 1. The molecular weight excluding hydrogens is 200 g/mol. The van der Waals surface area contributed by atoms with E-state index in [4.69, 9.17) is 0 Å². The van der Waals surface area contributed by atoms with Gasteiger partial charge in [-0.3, -0.25) is 4.79 Å². The Hall–Kier alpha value is -0.660. The first-order valence-corrected chi connectivity index (χ1v) is 6.65. The second kappa shape index (κ2) is 9.56. The molecule has 0 aromatic rings. The summed E-state index contributed by atoms with van der Waals surface area (Å²) in [7, 11) is 0. The lowest BCUT2D eigenvalue weighted by Crippen LogP contribution is -2.22. The monoisotopic (exact) mass is 226 g/mol. The summed E-state index contributed by atoms with van der Waals surface area (Å²) in [5.74, 6) is 0.115. The van der Waals surface area contributed by atoms with E-state index in [0.29, 0.717) is 6.42 Å². The lowest BCUT2D eigenvalue weighted by atomic mass is 9.86. The SMILES string of the molecule is CCCCCCC(=O)C(C)C(C=O)CCC. The van der Waals surface area contributed by atoms with Crippen LogP contribution in [0.4, 0.5) is 0 Å². The fourth-order valence-corrected chi connectivity index (χ4v) is 1.96. The molecule has 0 aliphatic heterocycles. The van der Waals surface area contributed by atoms with E-state index in [2.05, 4.69) is 13.8 Å². The molecule has 2 unspecified atom stereocenters. The lowest BCUT2D eigenvalue weighted by molar-refractivity contribution is -0.127. The second-order valence-electron chi connectivity index (χ2n) is 4.65. The predicted molar refractivity (Wildman–Crippen MR) is 67.4 cm³/mol. The third kappa shape index (κ3) is 6.04. The molecular formula is C14H26O2. The minimum Gasteiger partial charge on any atom is -0.303 e. The van der Waals surface area contributed by atoms with Crippen molar-refractivity contribution in [3.05, 3.63) is 0 Å². The van der Waals surface area contributed by atoms with Crippen LogP contribution < -0.4 is 0 Å². The summed E-state index contributed by atoms with van der Waals surface area (Å²) in [5.41, 5.74) is 0. The van der Waals surface area contributed by atoms with Crippen molar-refractivity contribution in [1.82, 2.24) is 0 Å². The van der Waals surface area contributed by atoms with Crippen LogP contribution in [0.5, 0.6) is 0 Å². The summed E-state index contributed by atoms with van der Waals surface area (Å²) in [6, 6.07) is 0. The van der Waals surface area contributed by atoms with Gasteiger partial charge in [-0.1, -0.05) is 46.5 Å². The molecule has 0 N–H and O–H groups in total. The molecule has 94 valence electrons. The Balaban J connectivity index is 3.90. The van der Waals surface area contributed by atoms with Gasteiger partial charge in [0.2, 0.25) is 0 Å². The summed E-state index contributed by atoms with van der Waals surface area (Å²) in [6.45, 7) is 6.11. The zero-order chi connectivity index (χ0) is 12.4. The van der Waals surface area contributed by atoms with Gasteiger partial charge in [-0.2, -0.15) is 0 Å². The van der Waals surface area contributed by atoms with Gasteiger partial charge in [0.25, 0.3) is 0 Å². The van der Waals surface area contributed by atoms with E-state index >= 15 is 0 Å². The molecule has 0 aromatic heterocycles. The molecule has 0 amide bonds. The molecule has 0 heterocycles. The first kappa shape index (κ1) is 15.3. The number of hydrogen-bond acceptors (Lipinski definition) is 2. The van der Waals surface area contributed by atoms with Gasteiger partial charge in [0.1, 0.15) is 12.1 Å². The van der Waals surface area contributed by atoms with Crippen LogP contribution in [0.25, 0.3) is 0 Å². The number of aldehydes is 1. The van der Waals surface area contributed by atoms with Crippen molar-refractivity contribution in [3.8, 4) is 0 Å². The molecule has 2 nitrogen and oxygen atoms in total. The predicted octanol–water partition coefficient (Wildman–Crippen LogP) is 3.78. The smallest absolute Gasteiger partial charge is 0.136 e. The number of hydrogen-bond donors (Lipinski definition) is 0. The average molecular weight is 226 g/mol. The fraction of sp³-hybridized carbons (Fsp3) is 0.857. The van der Waals surface area contributed by atoms with Crippen LogP contribution in [0.1, 0.15) is 65.7 Å². The quantitative estimate of drug-likeness (QED) is 0.419. The highest BCUT2D eigenvalue weighted by molar-refractivity contribution is 5.83. The van der Waals surface area contributed by atoms with Crippen molar-refractivity contribution < 1.29 is 9.59 Å². The van der Waals surface area contributed by atoms with Gasteiger partial charge in [0.15, 0.2) is 0 Å². The molecule has 0 fully saturated rings. The third-order valence-electron chi connectivity index (χ3n) is 3.22. The molecule has 0 radical (unpaired) electrons. The molecule has 0 saturated carbocycles. The first-order chi connectivity index (χ1) is 7.67. The topological polar surface area (TPSA) is 34.1 Å². The summed E-state index contributed by atoms with van der Waals surface area (Å²) in [4.78, 5) is 22.7. The summed E-state index contributed by atoms with van der Waals surface area (Å²) < 4.78 is 0. The van der Waals surface area contributed by atoms with Crippen molar-refractivity contribution in [2.24, 2.45) is 11.8 Å². The van der Waals surface area contributed by atoms with Crippen molar-refractivity contribution >= 4 is 12.1 Å². The van der Waals surface area contributed by atoms with Gasteiger partial charge in [0.05, 0.1) is 0 Å². The van der Waals surface area contributed by atoms with Gasteiger partial charge in [-0.15, -0.1) is 0 Å². The van der Waals surface area contributed by atoms with Crippen molar-refractivity contribution in [1.29, 1.82) is 0 Å². The zero-order valence-electron chi connectivity index (χ0n) is 11.0. The average Bonchev–Trinajstić information content (AvgIpc) is 2.30. The van der Waals surface area contributed by atoms with Crippen LogP contribution in [0, 0.1) is 11.8 Å². The summed E-state index contributed by atoms with van der Waals surface area (Å²) in [5, 5.41) is 0. The molecule has 2 heteroatoms. The third-order valence-corrected chi connectivity index (χ3v) is 3.22. The molecule has 0 spiro atoms. The van der Waals surface area contributed by atoms with E-state index in [1.54, 1.807) is 0 Å². The number of rotatable bonds is 10. The number of Topliss-reactive ketones (excluding diaryl/α,β-unsaturated/α-hetero) is 1. The first-order valence-electron chi connectivity index (χ1n) is 6.65. The van der Waals surface area contributed by atoms with Crippen molar-refractivity contribution in [2.75, 3.05) is 0 Å². The Bertz CT molecular complexity index is 199. The van der Waals surface area contributed by atoms with E-state index in [9.17, 15) is 9.59 Å². The van der Waals surface area contributed by atoms with Gasteiger partial charge in [-0.05, 0) is 12.8 Å². The maximum atomic E-state index is 11.8. The van der Waals surface area contributed by atoms with Gasteiger partial charge >= 0.3 is 0 Å². The standard InChI is InChI=1S/C14H26O2/c1-4-6-7-8-10-14(16)12(3)13(11-15)9-5-2/h11-13H,4-10H2,1-3H3. The lowest BCUT2D eigenvalue weighted by Gasteiger charge is -2.16. The van der Waals surface area contributed by atoms with Crippen LogP contribution in [0.15, 0.2) is 0 Å². The van der Waals surface area contributed by atoms with E-state index in [1.807, 2.05) is 6.92 Å². The molecule has 16 heavy (non-hydrogen) atoms. The second-order valence-corrected chi connectivity index (χ2v) is 4.65. The Kier molecular flexibility index (Phi) is 9.16. The van der Waals surface area contributed by atoms with Crippen LogP contribution in [-0.4, -0.2) is 12.1 Å². The minimum absolute atomic E-state index is 0.0660. The molecule has 0 bridgehead atoms. The largest absolute Gasteiger partial charge is 0.303 e. The number of unbranched alkanes of at least 4 members (excludes halogenated alkanes) is 3. The molecule has 0 aliphatic rings. The Morgan fingerprint density at radius 1 is 1.12 bits per heavy atom.